The second kappa shape index (κ2) is 9.71. The van der Waals surface area contributed by atoms with E-state index in [1.54, 1.807) is 6.08 Å². The van der Waals surface area contributed by atoms with Crippen LogP contribution in [0.3, 0.4) is 0 Å². The second-order valence-corrected chi connectivity index (χ2v) is 9.15. The number of unbranched alkanes of at least 4 members (excludes halogenated alkanes) is 1. The van der Waals surface area contributed by atoms with Gasteiger partial charge >= 0.3 is 0 Å². The molecule has 3 aromatic rings. The van der Waals surface area contributed by atoms with Gasteiger partial charge in [0.25, 0.3) is 11.1 Å². The Bertz CT molecular complexity index is 1170. The first kappa shape index (κ1) is 21.7. The summed E-state index contributed by atoms with van der Waals surface area (Å²) in [6.07, 6.45) is 3.52. The standard InChI is InChI=1S/C25H22BrNO3S/c1-2-3-13-27-24(28)23(31-25(27)29)15-17-11-12-22(21(26)14-17)30-16-19-9-6-8-18-7-4-5-10-20(18)19/h4-12,14-15H,2-3,13,16H2,1H3/b23-15-. The van der Waals surface area contributed by atoms with Crippen molar-refractivity contribution in [3.05, 3.63) is 81.2 Å². The van der Waals surface area contributed by atoms with Gasteiger partial charge in [0, 0.05) is 6.54 Å². The number of nitrogens with zero attached hydrogens (tertiary/aromatic N) is 1. The molecule has 1 saturated heterocycles. The number of carbonyl (C=O) groups is 2. The number of fused-ring (bicyclic) bond motifs is 1. The van der Waals surface area contributed by atoms with Gasteiger partial charge in [-0.3, -0.25) is 14.5 Å². The smallest absolute Gasteiger partial charge is 0.293 e. The number of hydrogen-bond acceptors (Lipinski definition) is 4. The highest BCUT2D eigenvalue weighted by atomic mass is 79.9. The first-order chi connectivity index (χ1) is 15.1. The van der Waals surface area contributed by atoms with Crippen molar-refractivity contribution in [1.29, 1.82) is 0 Å². The summed E-state index contributed by atoms with van der Waals surface area (Å²) in [4.78, 5) is 26.4. The Morgan fingerprint density at radius 3 is 2.68 bits per heavy atom. The van der Waals surface area contributed by atoms with Crippen LogP contribution in [0.4, 0.5) is 4.79 Å². The Hall–Kier alpha value is -2.57. The molecule has 0 N–H and O–H groups in total. The molecular formula is C25H22BrNO3S. The van der Waals surface area contributed by atoms with Crippen LogP contribution in [0.1, 0.15) is 30.9 Å². The van der Waals surface area contributed by atoms with E-state index in [1.165, 1.54) is 15.7 Å². The van der Waals surface area contributed by atoms with Crippen LogP contribution < -0.4 is 4.74 Å². The third-order valence-corrected chi connectivity index (χ3v) is 6.65. The maximum atomic E-state index is 12.5. The predicted octanol–water partition coefficient (Wildman–Crippen LogP) is 7.02. The number of imide groups is 1. The van der Waals surface area contributed by atoms with Gasteiger partial charge in [-0.25, -0.2) is 0 Å². The van der Waals surface area contributed by atoms with Gasteiger partial charge in [-0.15, -0.1) is 0 Å². The van der Waals surface area contributed by atoms with Crippen LogP contribution in [-0.4, -0.2) is 22.6 Å². The van der Waals surface area contributed by atoms with Gasteiger partial charge in [-0.2, -0.15) is 0 Å². The normalized spacial score (nSPS) is 15.3. The van der Waals surface area contributed by atoms with E-state index in [0.717, 1.165) is 46.0 Å². The first-order valence-corrected chi connectivity index (χ1v) is 11.8. The third kappa shape index (κ3) is 4.86. The molecule has 0 atom stereocenters. The zero-order valence-corrected chi connectivity index (χ0v) is 19.5. The van der Waals surface area contributed by atoms with Gasteiger partial charge in [0.05, 0.1) is 9.38 Å². The number of benzene rings is 3. The van der Waals surface area contributed by atoms with Gasteiger partial charge in [0.2, 0.25) is 0 Å². The van der Waals surface area contributed by atoms with Crippen molar-refractivity contribution in [2.75, 3.05) is 6.54 Å². The minimum absolute atomic E-state index is 0.196. The average Bonchev–Trinajstić information content (AvgIpc) is 3.04. The molecule has 0 unspecified atom stereocenters. The number of thioether (sulfide) groups is 1. The zero-order chi connectivity index (χ0) is 21.8. The molecule has 4 nitrogen and oxygen atoms in total. The van der Waals surface area contributed by atoms with Crippen molar-refractivity contribution in [1.82, 2.24) is 4.90 Å². The fourth-order valence-corrected chi connectivity index (χ4v) is 4.83. The molecule has 1 fully saturated rings. The average molecular weight is 496 g/mol. The highest BCUT2D eigenvalue weighted by Crippen LogP contribution is 2.34. The van der Waals surface area contributed by atoms with E-state index in [2.05, 4.69) is 40.2 Å². The van der Waals surface area contributed by atoms with Crippen molar-refractivity contribution >= 4 is 55.7 Å². The highest BCUT2D eigenvalue weighted by molar-refractivity contribution is 9.10. The van der Waals surface area contributed by atoms with Crippen molar-refractivity contribution in [3.8, 4) is 5.75 Å². The van der Waals surface area contributed by atoms with Crippen molar-refractivity contribution < 1.29 is 14.3 Å². The maximum absolute atomic E-state index is 12.5. The lowest BCUT2D eigenvalue weighted by Gasteiger charge is -2.11. The minimum Gasteiger partial charge on any atom is -0.488 e. The van der Waals surface area contributed by atoms with E-state index >= 15 is 0 Å². The summed E-state index contributed by atoms with van der Waals surface area (Å²) in [5.74, 6) is 0.511. The first-order valence-electron chi connectivity index (χ1n) is 10.2. The summed E-state index contributed by atoms with van der Waals surface area (Å²) in [7, 11) is 0. The number of halogens is 1. The molecule has 0 aliphatic carbocycles. The fourth-order valence-electron chi connectivity index (χ4n) is 3.46. The SMILES string of the molecule is CCCCN1C(=O)S/C(=C\c2ccc(OCc3cccc4ccccc34)c(Br)c2)C1=O. The lowest BCUT2D eigenvalue weighted by molar-refractivity contribution is -0.122. The van der Waals surface area contributed by atoms with E-state index in [4.69, 9.17) is 4.74 Å². The summed E-state index contributed by atoms with van der Waals surface area (Å²) in [5.41, 5.74) is 1.96. The number of rotatable bonds is 7. The summed E-state index contributed by atoms with van der Waals surface area (Å²) in [6, 6.07) is 20.1. The second-order valence-electron chi connectivity index (χ2n) is 7.30. The van der Waals surface area contributed by atoms with Crippen molar-refractivity contribution in [2.24, 2.45) is 0 Å². The van der Waals surface area contributed by atoms with E-state index in [0.29, 0.717) is 18.1 Å². The Kier molecular flexibility index (Phi) is 6.78. The molecule has 1 aliphatic rings. The molecule has 0 bridgehead atoms. The predicted molar refractivity (Wildman–Crippen MR) is 130 cm³/mol. The Labute approximate surface area is 194 Å². The molecular weight excluding hydrogens is 474 g/mol. The number of carbonyl (C=O) groups excluding carboxylic acids is 2. The van der Waals surface area contributed by atoms with E-state index in [-0.39, 0.29) is 11.1 Å². The highest BCUT2D eigenvalue weighted by Gasteiger charge is 2.34. The van der Waals surface area contributed by atoms with Crippen LogP contribution in [0.5, 0.6) is 5.75 Å². The van der Waals surface area contributed by atoms with Crippen LogP contribution in [0.15, 0.2) is 70.0 Å². The van der Waals surface area contributed by atoms with Crippen LogP contribution in [0.2, 0.25) is 0 Å². The number of ether oxygens (including phenoxy) is 1. The maximum Gasteiger partial charge on any atom is 0.293 e. The molecule has 0 aromatic heterocycles. The summed E-state index contributed by atoms with van der Waals surface area (Å²) < 4.78 is 6.85. The molecule has 31 heavy (non-hydrogen) atoms. The van der Waals surface area contributed by atoms with Crippen LogP contribution in [0, 0.1) is 0 Å². The third-order valence-electron chi connectivity index (χ3n) is 5.13. The monoisotopic (exact) mass is 495 g/mol. The fraction of sp³-hybridized carbons (Fsp3) is 0.200. The Balaban J connectivity index is 1.48. The molecule has 1 aliphatic heterocycles. The molecule has 158 valence electrons. The number of hydrogen-bond donors (Lipinski definition) is 0. The molecule has 3 aromatic carbocycles. The Morgan fingerprint density at radius 1 is 1.06 bits per heavy atom. The lowest BCUT2D eigenvalue weighted by atomic mass is 10.1. The largest absolute Gasteiger partial charge is 0.488 e. The lowest BCUT2D eigenvalue weighted by Crippen LogP contribution is -2.29. The molecule has 0 saturated carbocycles. The van der Waals surface area contributed by atoms with Crippen LogP contribution >= 0.6 is 27.7 Å². The minimum atomic E-state index is -0.212. The van der Waals surface area contributed by atoms with Gasteiger partial charge in [0.1, 0.15) is 12.4 Å². The molecule has 2 amide bonds. The van der Waals surface area contributed by atoms with Gasteiger partial charge in [0.15, 0.2) is 0 Å². The van der Waals surface area contributed by atoms with Gasteiger partial charge in [-0.1, -0.05) is 61.9 Å². The van der Waals surface area contributed by atoms with Crippen LogP contribution in [-0.2, 0) is 11.4 Å². The molecule has 0 spiro atoms. The summed E-state index contributed by atoms with van der Waals surface area (Å²) in [6.45, 7) is 2.97. The quantitative estimate of drug-likeness (QED) is 0.330. The van der Waals surface area contributed by atoms with Gasteiger partial charge in [-0.05, 0) is 74.2 Å². The molecule has 1 heterocycles. The van der Waals surface area contributed by atoms with Crippen molar-refractivity contribution in [3.63, 3.8) is 0 Å². The van der Waals surface area contributed by atoms with Crippen molar-refractivity contribution in [2.45, 2.75) is 26.4 Å². The van der Waals surface area contributed by atoms with E-state index in [1.807, 2.05) is 43.3 Å². The molecule has 4 rings (SSSR count). The zero-order valence-electron chi connectivity index (χ0n) is 17.1. The van der Waals surface area contributed by atoms with E-state index in [9.17, 15) is 9.59 Å². The topological polar surface area (TPSA) is 46.6 Å². The Morgan fingerprint density at radius 2 is 1.87 bits per heavy atom. The molecule has 0 radical (unpaired) electrons. The molecule has 6 heteroatoms. The van der Waals surface area contributed by atoms with Crippen LogP contribution in [0.25, 0.3) is 16.8 Å². The van der Waals surface area contributed by atoms with Gasteiger partial charge < -0.3 is 4.74 Å². The van der Waals surface area contributed by atoms with E-state index < -0.39 is 0 Å². The number of amides is 2. The summed E-state index contributed by atoms with van der Waals surface area (Å²) in [5, 5.41) is 2.17. The summed E-state index contributed by atoms with van der Waals surface area (Å²) >= 11 is 4.57.